The molecule has 12 heteroatoms. The molecule has 2 aromatic heterocycles. The van der Waals surface area contributed by atoms with Gasteiger partial charge in [0.2, 0.25) is 11.8 Å². The normalized spacial score (nSPS) is 10.6. The lowest BCUT2D eigenvalue weighted by Gasteiger charge is -2.07. The van der Waals surface area contributed by atoms with Crippen LogP contribution in [0.4, 0.5) is 11.6 Å². The summed E-state index contributed by atoms with van der Waals surface area (Å²) in [6.45, 7) is 2.18. The number of aromatic amines is 1. The number of nitro benzene ring substituents is 1. The molecule has 0 spiro atoms. The van der Waals surface area contributed by atoms with Crippen molar-refractivity contribution in [3.63, 3.8) is 0 Å². The van der Waals surface area contributed by atoms with Crippen molar-refractivity contribution in [2.75, 3.05) is 5.32 Å². The number of non-ortho nitro benzene ring substituents is 1. The van der Waals surface area contributed by atoms with Gasteiger partial charge in [-0.25, -0.2) is 4.68 Å². The van der Waals surface area contributed by atoms with Crippen molar-refractivity contribution in [2.24, 2.45) is 0 Å². The molecule has 4 rings (SSSR count). The zero-order chi connectivity index (χ0) is 24.1. The lowest BCUT2D eigenvalue weighted by atomic mass is 10.2. The summed E-state index contributed by atoms with van der Waals surface area (Å²) in [6.07, 6.45) is 1.87. The Balaban J connectivity index is 1.44. The number of carbonyl (C=O) groups is 2. The van der Waals surface area contributed by atoms with Crippen LogP contribution in [0.1, 0.15) is 39.2 Å². The van der Waals surface area contributed by atoms with Crippen LogP contribution in [0.25, 0.3) is 5.69 Å². The number of nitro groups is 1. The van der Waals surface area contributed by atoms with Gasteiger partial charge in [0.1, 0.15) is 0 Å². The van der Waals surface area contributed by atoms with Gasteiger partial charge in [-0.15, -0.1) is 5.10 Å². The highest BCUT2D eigenvalue weighted by atomic mass is 16.6. The highest BCUT2D eigenvalue weighted by molar-refractivity contribution is 6.04. The van der Waals surface area contributed by atoms with Crippen molar-refractivity contribution < 1.29 is 14.5 Å². The van der Waals surface area contributed by atoms with Crippen molar-refractivity contribution in [3.8, 4) is 5.69 Å². The summed E-state index contributed by atoms with van der Waals surface area (Å²) in [6, 6.07) is 15.3. The van der Waals surface area contributed by atoms with Gasteiger partial charge >= 0.3 is 0 Å². The van der Waals surface area contributed by atoms with Crippen molar-refractivity contribution in [2.45, 2.75) is 19.9 Å². The third-order valence-electron chi connectivity index (χ3n) is 4.98. The van der Waals surface area contributed by atoms with Crippen molar-refractivity contribution in [1.82, 2.24) is 30.3 Å². The fraction of sp³-hybridized carbons (Fsp3) is 0.136. The topological polar surface area (TPSA) is 161 Å². The van der Waals surface area contributed by atoms with E-state index in [1.807, 2.05) is 37.3 Å². The van der Waals surface area contributed by atoms with E-state index < -0.39 is 16.7 Å². The maximum atomic E-state index is 12.8. The minimum atomic E-state index is -0.500. The Kier molecular flexibility index (Phi) is 6.39. The lowest BCUT2D eigenvalue weighted by molar-refractivity contribution is -0.384. The van der Waals surface area contributed by atoms with Crippen LogP contribution in [0.3, 0.4) is 0 Å². The molecule has 2 heterocycles. The molecule has 0 atom stereocenters. The predicted octanol–water partition coefficient (Wildman–Crippen LogP) is 2.64. The SMILES string of the molecule is CCc1c(C(=O)Nc2n[nH]c(C(=O)NCc3ccccc3)n2)cnn1-c1ccc([N+](=O)[O-])cc1. The van der Waals surface area contributed by atoms with Crippen LogP contribution in [0.5, 0.6) is 0 Å². The van der Waals surface area contributed by atoms with Crippen molar-refractivity contribution >= 4 is 23.5 Å². The smallest absolute Gasteiger partial charge is 0.288 e. The third-order valence-corrected chi connectivity index (χ3v) is 4.98. The van der Waals surface area contributed by atoms with Crippen LogP contribution in [-0.4, -0.2) is 41.7 Å². The van der Waals surface area contributed by atoms with E-state index in [0.717, 1.165) is 5.56 Å². The maximum absolute atomic E-state index is 12.8. The number of hydrogen-bond donors (Lipinski definition) is 3. The van der Waals surface area contributed by atoms with Gasteiger partial charge in [-0.05, 0) is 24.1 Å². The second kappa shape index (κ2) is 9.73. The minimum absolute atomic E-state index is 0.0384. The molecule has 0 bridgehead atoms. The largest absolute Gasteiger partial charge is 0.345 e. The lowest BCUT2D eigenvalue weighted by Crippen LogP contribution is -2.24. The van der Waals surface area contributed by atoms with Gasteiger partial charge in [-0.2, -0.15) is 10.1 Å². The molecule has 0 radical (unpaired) electrons. The standard InChI is InChI=1S/C22H20N8O4/c1-2-18-17(13-24-29(18)15-8-10-16(11-9-15)30(33)34)20(31)26-22-25-19(27-28-22)21(32)23-12-14-6-4-3-5-7-14/h3-11,13H,2,12H2,1H3,(H,23,32)(H2,25,26,27,28,31). The molecule has 2 aromatic carbocycles. The second-order valence-corrected chi connectivity index (χ2v) is 7.17. The molecule has 12 nitrogen and oxygen atoms in total. The van der Waals surface area contributed by atoms with E-state index >= 15 is 0 Å². The van der Waals surface area contributed by atoms with Gasteiger partial charge in [0, 0.05) is 18.7 Å². The molecule has 172 valence electrons. The Bertz CT molecular complexity index is 1330. The molecular formula is C22H20N8O4. The highest BCUT2D eigenvalue weighted by Crippen LogP contribution is 2.19. The summed E-state index contributed by atoms with van der Waals surface area (Å²) in [5, 5.41) is 26.8. The summed E-state index contributed by atoms with van der Waals surface area (Å²) in [7, 11) is 0. The summed E-state index contributed by atoms with van der Waals surface area (Å²) in [4.78, 5) is 39.5. The Labute approximate surface area is 193 Å². The molecule has 34 heavy (non-hydrogen) atoms. The molecule has 4 aromatic rings. The average molecular weight is 460 g/mol. The molecule has 2 amide bonds. The van der Waals surface area contributed by atoms with Crippen LogP contribution in [0.15, 0.2) is 60.8 Å². The van der Waals surface area contributed by atoms with Crippen LogP contribution >= 0.6 is 0 Å². The predicted molar refractivity (Wildman–Crippen MR) is 122 cm³/mol. The fourth-order valence-electron chi connectivity index (χ4n) is 3.29. The van der Waals surface area contributed by atoms with Gasteiger partial charge in [-0.3, -0.25) is 30.1 Å². The molecule has 0 saturated carbocycles. The van der Waals surface area contributed by atoms with E-state index in [1.165, 1.54) is 18.3 Å². The van der Waals surface area contributed by atoms with E-state index in [1.54, 1.807) is 16.8 Å². The molecule has 0 fully saturated rings. The summed E-state index contributed by atoms with van der Waals surface area (Å²) >= 11 is 0. The quantitative estimate of drug-likeness (QED) is 0.269. The number of aromatic nitrogens is 5. The number of nitrogens with one attached hydrogen (secondary N) is 3. The zero-order valence-electron chi connectivity index (χ0n) is 18.1. The van der Waals surface area contributed by atoms with Gasteiger partial charge in [0.15, 0.2) is 0 Å². The molecule has 0 aliphatic carbocycles. The van der Waals surface area contributed by atoms with Crippen molar-refractivity contribution in [1.29, 1.82) is 0 Å². The first-order valence-corrected chi connectivity index (χ1v) is 10.3. The summed E-state index contributed by atoms with van der Waals surface area (Å²) in [5.41, 5.74) is 2.36. The van der Waals surface area contributed by atoms with Gasteiger partial charge in [-0.1, -0.05) is 37.3 Å². The zero-order valence-corrected chi connectivity index (χ0v) is 18.1. The van der Waals surface area contributed by atoms with Crippen LogP contribution in [0, 0.1) is 10.1 Å². The fourth-order valence-corrected chi connectivity index (χ4v) is 3.29. The highest BCUT2D eigenvalue weighted by Gasteiger charge is 2.20. The second-order valence-electron chi connectivity index (χ2n) is 7.17. The maximum Gasteiger partial charge on any atom is 0.288 e. The van der Waals surface area contributed by atoms with Crippen LogP contribution in [0.2, 0.25) is 0 Å². The van der Waals surface area contributed by atoms with E-state index in [4.69, 9.17) is 0 Å². The molecule has 3 N–H and O–H groups in total. The monoisotopic (exact) mass is 460 g/mol. The Morgan fingerprint density at radius 3 is 2.50 bits per heavy atom. The van der Waals surface area contributed by atoms with Crippen molar-refractivity contribution in [3.05, 3.63) is 93.6 Å². The third kappa shape index (κ3) is 4.80. The number of hydrogen-bond acceptors (Lipinski definition) is 7. The Morgan fingerprint density at radius 1 is 1.09 bits per heavy atom. The molecule has 0 unspecified atom stereocenters. The molecule has 0 aliphatic heterocycles. The number of benzene rings is 2. The average Bonchev–Trinajstić information content (AvgIpc) is 3.50. The van der Waals surface area contributed by atoms with Crippen LogP contribution in [-0.2, 0) is 13.0 Å². The van der Waals surface area contributed by atoms with E-state index in [-0.39, 0.29) is 17.5 Å². The number of rotatable bonds is 8. The Morgan fingerprint density at radius 2 is 1.82 bits per heavy atom. The first kappa shape index (κ1) is 22.3. The molecule has 0 aliphatic rings. The molecular weight excluding hydrogens is 440 g/mol. The number of H-pyrrole nitrogens is 1. The first-order chi connectivity index (χ1) is 16.5. The number of anilines is 1. The number of amides is 2. The molecule has 0 saturated heterocycles. The van der Waals surface area contributed by atoms with E-state index in [2.05, 4.69) is 30.9 Å². The summed E-state index contributed by atoms with van der Waals surface area (Å²) < 4.78 is 1.54. The minimum Gasteiger partial charge on any atom is -0.345 e. The first-order valence-electron chi connectivity index (χ1n) is 10.3. The van der Waals surface area contributed by atoms with Crippen LogP contribution < -0.4 is 10.6 Å². The van der Waals surface area contributed by atoms with Gasteiger partial charge in [0.05, 0.1) is 28.1 Å². The number of carbonyl (C=O) groups excluding carboxylic acids is 2. The number of nitrogens with zero attached hydrogens (tertiary/aromatic N) is 5. The summed E-state index contributed by atoms with van der Waals surface area (Å²) in [5.74, 6) is -1.05. The Hall–Kier alpha value is -4.87. The van der Waals surface area contributed by atoms with Gasteiger partial charge in [0.25, 0.3) is 17.5 Å². The van der Waals surface area contributed by atoms with E-state index in [0.29, 0.717) is 29.9 Å². The van der Waals surface area contributed by atoms with E-state index in [9.17, 15) is 19.7 Å². The van der Waals surface area contributed by atoms with Gasteiger partial charge < -0.3 is 5.32 Å².